The van der Waals surface area contributed by atoms with Crippen molar-refractivity contribution in [2.75, 3.05) is 6.61 Å². The molecule has 0 atom stereocenters. The highest BCUT2D eigenvalue weighted by Crippen LogP contribution is 2.13. The molecule has 115 valence electrons. The maximum absolute atomic E-state index is 10.3. The van der Waals surface area contributed by atoms with Crippen LogP contribution in [0.3, 0.4) is 0 Å². The summed E-state index contributed by atoms with van der Waals surface area (Å²) < 4.78 is 0. The van der Waals surface area contributed by atoms with Gasteiger partial charge >= 0.3 is 0 Å². The second-order valence-corrected chi connectivity index (χ2v) is 6.01. The van der Waals surface area contributed by atoms with E-state index in [9.17, 15) is 5.11 Å². The second kappa shape index (κ2) is 18.0. The zero-order valence-corrected chi connectivity index (χ0v) is 13.4. The molecule has 0 aromatic carbocycles. The van der Waals surface area contributed by atoms with Gasteiger partial charge in [-0.25, -0.2) is 5.11 Å². The molecule has 0 bridgehead atoms. The molecule has 0 rings (SSSR count). The molecule has 0 aliphatic heterocycles. The van der Waals surface area contributed by atoms with Gasteiger partial charge in [0.25, 0.3) is 0 Å². The van der Waals surface area contributed by atoms with Crippen LogP contribution in [0, 0.1) is 0 Å². The van der Waals surface area contributed by atoms with E-state index in [1.165, 1.54) is 89.9 Å². The predicted octanol–water partition coefficient (Wildman–Crippen LogP) is 6.68. The Balaban J connectivity index is 2.88. The monoisotopic (exact) mass is 255 g/mol. The van der Waals surface area contributed by atoms with E-state index in [0.717, 1.165) is 12.8 Å². The van der Waals surface area contributed by atoms with Gasteiger partial charge in [-0.15, -0.1) is 0 Å². The summed E-state index contributed by atoms with van der Waals surface area (Å²) in [6.45, 7) is 2.41. The Labute approximate surface area is 122 Å². The van der Waals surface area contributed by atoms with Crippen LogP contribution >= 0.6 is 0 Å². The largest absolute Gasteiger partial charge is 0.237 e. The lowest BCUT2D eigenvalue weighted by Crippen LogP contribution is -1.84. The Hall–Kier alpha value is -0.0400. The summed E-state index contributed by atoms with van der Waals surface area (Å²) in [4.78, 5) is 0. The van der Waals surface area contributed by atoms with Crippen molar-refractivity contribution in [3.05, 3.63) is 0 Å². The molecule has 0 saturated heterocycles. The van der Waals surface area contributed by atoms with Crippen LogP contribution in [0.15, 0.2) is 0 Å². The average Bonchev–Trinajstić information content (AvgIpc) is 2.43. The fraction of sp³-hybridized carbons (Fsp3) is 1.00. The first-order valence-corrected chi connectivity index (χ1v) is 9.00. The lowest BCUT2D eigenvalue weighted by Gasteiger charge is -2.03. The molecule has 0 fully saturated rings. The molecular weight excluding hydrogens is 218 g/mol. The third-order valence-corrected chi connectivity index (χ3v) is 4.00. The van der Waals surface area contributed by atoms with E-state index in [4.69, 9.17) is 0 Å². The van der Waals surface area contributed by atoms with Gasteiger partial charge in [0.2, 0.25) is 0 Å². The fourth-order valence-corrected chi connectivity index (χ4v) is 2.65. The average molecular weight is 255 g/mol. The third kappa shape index (κ3) is 18.0. The summed E-state index contributed by atoms with van der Waals surface area (Å²) in [6.07, 6.45) is 21.8. The van der Waals surface area contributed by atoms with Gasteiger partial charge in [0.15, 0.2) is 0 Å². The Morgan fingerprint density at radius 3 is 0.947 bits per heavy atom. The molecule has 19 heavy (non-hydrogen) atoms. The highest BCUT2D eigenvalue weighted by molar-refractivity contribution is 4.49. The SMILES string of the molecule is CCCCCCCCCCCCCCCCCC[2O]. The minimum Gasteiger partial charge on any atom is -0.237 e. The number of unbranched alkanes of at least 4 members (excludes halogenated alkanes) is 15. The molecule has 1 radical (unpaired) electrons. The number of hydrogen-bond acceptors (Lipinski definition) is 0. The standard InChI is InChI=1S/C18H37O/c1-2-3-4-5-6-7-8-9-10-11-12-13-14-15-16-17-18-19/h2-18H2,1H3/i19-14. The van der Waals surface area contributed by atoms with Crippen molar-refractivity contribution in [2.45, 2.75) is 110 Å². The van der Waals surface area contributed by atoms with Crippen LogP contribution in [0.4, 0.5) is 0 Å². The molecule has 0 aliphatic rings. The van der Waals surface area contributed by atoms with Crippen molar-refractivity contribution in [3.63, 3.8) is 0 Å². The minimum atomic E-state index is 0.123. The van der Waals surface area contributed by atoms with Crippen LogP contribution in [0.1, 0.15) is 110 Å². The maximum Gasteiger partial charge on any atom is 0.0822 e. The van der Waals surface area contributed by atoms with E-state index in [1.807, 2.05) is 0 Å². The van der Waals surface area contributed by atoms with Crippen molar-refractivity contribution >= 4 is 0 Å². The smallest absolute Gasteiger partial charge is 0.0822 e. The van der Waals surface area contributed by atoms with E-state index in [0.29, 0.717) is 0 Å². The highest BCUT2D eigenvalue weighted by Gasteiger charge is 1.94. The first-order valence-electron chi connectivity index (χ1n) is 9.00. The second-order valence-electron chi connectivity index (χ2n) is 6.01. The van der Waals surface area contributed by atoms with E-state index in [1.54, 1.807) is 0 Å². The normalized spacial score (nSPS) is 11.1. The van der Waals surface area contributed by atoms with Gasteiger partial charge in [0.1, 0.15) is 0 Å². The van der Waals surface area contributed by atoms with Crippen LogP contribution in [-0.4, -0.2) is 6.61 Å². The molecule has 1 heteroatoms. The molecule has 0 aliphatic carbocycles. The minimum absolute atomic E-state index is 0.123. The summed E-state index contributed by atoms with van der Waals surface area (Å²) in [7, 11) is 0. The van der Waals surface area contributed by atoms with Crippen molar-refractivity contribution in [1.82, 2.24) is 0 Å². The van der Waals surface area contributed by atoms with Gasteiger partial charge in [0.05, 0.1) is 6.61 Å². The summed E-state index contributed by atoms with van der Waals surface area (Å²) >= 11 is 0. The highest BCUT2D eigenvalue weighted by atomic mass is 14.0. The molecule has 0 saturated carbocycles. The van der Waals surface area contributed by atoms with Crippen LogP contribution in [0.5, 0.6) is 0 Å². The molecule has 0 aromatic heterocycles. The van der Waals surface area contributed by atoms with Crippen molar-refractivity contribution in [1.29, 1.82) is 0 Å². The quantitative estimate of drug-likeness (QED) is 0.274. The van der Waals surface area contributed by atoms with Crippen molar-refractivity contribution in [2.24, 2.45) is 0 Å². The Morgan fingerprint density at radius 2 is 0.684 bits per heavy atom. The molecule has 0 aromatic rings. The molecule has 0 spiro atoms. The van der Waals surface area contributed by atoms with Crippen molar-refractivity contribution in [3.8, 4) is 0 Å². The Kier molecular flexibility index (Phi) is 17.9. The fourth-order valence-electron chi connectivity index (χ4n) is 2.65. The lowest BCUT2D eigenvalue weighted by atomic mass is 1.90. The van der Waals surface area contributed by atoms with Gasteiger partial charge in [0, 0.05) is 0 Å². The number of rotatable bonds is 16. The third-order valence-electron chi connectivity index (χ3n) is 4.00. The topological polar surface area (TPSA) is 19.9 Å². The van der Waals surface area contributed by atoms with E-state index in [2.05, 4.69) is 6.92 Å². The van der Waals surface area contributed by atoms with Gasteiger partial charge in [-0.3, -0.25) is 0 Å². The van der Waals surface area contributed by atoms with E-state index in [-0.39, 0.29) is 6.61 Å². The van der Waals surface area contributed by atoms with Gasteiger partial charge in [-0.1, -0.05) is 103 Å². The summed E-state index contributed by atoms with van der Waals surface area (Å²) in [5.74, 6) is 0. The molecular formula is C18H37O. The van der Waals surface area contributed by atoms with Crippen LogP contribution < -0.4 is 0 Å². The molecule has 0 heterocycles. The lowest BCUT2D eigenvalue weighted by molar-refractivity contribution is 0.186. The van der Waals surface area contributed by atoms with Crippen LogP contribution in [0.2, 0.25) is 0 Å². The zero-order chi connectivity index (χ0) is 14.0. The van der Waals surface area contributed by atoms with Gasteiger partial charge < -0.3 is 0 Å². The molecule has 0 unspecified atom stereocenters. The van der Waals surface area contributed by atoms with E-state index >= 15 is 0 Å². The predicted molar refractivity (Wildman–Crippen MR) is 85.1 cm³/mol. The Morgan fingerprint density at radius 1 is 0.421 bits per heavy atom. The van der Waals surface area contributed by atoms with Gasteiger partial charge in [-0.05, 0) is 6.42 Å². The van der Waals surface area contributed by atoms with Gasteiger partial charge in [-0.2, -0.15) is 0 Å². The van der Waals surface area contributed by atoms with E-state index < -0.39 is 0 Å². The summed E-state index contributed by atoms with van der Waals surface area (Å²) in [6, 6.07) is 0. The van der Waals surface area contributed by atoms with Crippen molar-refractivity contribution < 1.29 is 5.11 Å². The number of hydrogen-bond donors (Lipinski definition) is 0. The molecule has 0 N–H and O–H groups in total. The Bertz CT molecular complexity index is 129. The first kappa shape index (κ1) is 19.0. The summed E-state index contributed by atoms with van der Waals surface area (Å²) in [5, 5.41) is 10.3. The maximum atomic E-state index is 10.3. The molecule has 1 nitrogen and oxygen atoms in total. The zero-order valence-electron chi connectivity index (χ0n) is 13.4. The van der Waals surface area contributed by atoms with Crippen LogP contribution in [-0.2, 0) is 5.11 Å². The summed E-state index contributed by atoms with van der Waals surface area (Å²) in [5.41, 5.74) is 0. The van der Waals surface area contributed by atoms with Crippen LogP contribution in [0.25, 0.3) is 0 Å². The molecule has 0 amide bonds. The first-order chi connectivity index (χ1) is 9.41.